The van der Waals surface area contributed by atoms with Gasteiger partial charge in [0, 0.05) is 31.4 Å². The van der Waals surface area contributed by atoms with Crippen molar-refractivity contribution < 1.29 is 0 Å². The lowest BCUT2D eigenvalue weighted by atomic mass is 10.1. The third kappa shape index (κ3) is 4.93. The van der Waals surface area contributed by atoms with Gasteiger partial charge in [0.25, 0.3) is 0 Å². The van der Waals surface area contributed by atoms with Gasteiger partial charge in [-0.15, -0.1) is 0 Å². The van der Waals surface area contributed by atoms with Crippen molar-refractivity contribution in [3.05, 3.63) is 24.0 Å². The fraction of sp³-hybridized carbons (Fsp3) is 0.667. The van der Waals surface area contributed by atoms with Gasteiger partial charge in [-0.2, -0.15) is 5.26 Å². The van der Waals surface area contributed by atoms with Gasteiger partial charge in [0.05, 0.1) is 6.07 Å². The molecule has 0 aromatic carbocycles. The first-order valence-electron chi connectivity index (χ1n) is 7.07. The van der Waals surface area contributed by atoms with Gasteiger partial charge >= 0.3 is 0 Å². The van der Waals surface area contributed by atoms with E-state index in [1.807, 2.05) is 0 Å². The van der Waals surface area contributed by atoms with Crippen molar-refractivity contribution in [2.45, 2.75) is 58.5 Å². The standard InChI is InChI=1S/C15H25N3/c1-3-7-15(17-10-4-2)14-8-12-18(13-14)11-6-5-9-16/h8,12-13,15,17H,3-7,10-11H2,1-2H3. The Hall–Kier alpha value is -1.27. The van der Waals surface area contributed by atoms with Crippen LogP contribution in [0.15, 0.2) is 18.5 Å². The predicted molar refractivity (Wildman–Crippen MR) is 75.2 cm³/mol. The van der Waals surface area contributed by atoms with Crippen LogP contribution in [0.5, 0.6) is 0 Å². The quantitative estimate of drug-likeness (QED) is 0.677. The zero-order valence-corrected chi connectivity index (χ0v) is 11.7. The molecule has 0 radical (unpaired) electrons. The molecule has 1 aromatic heterocycles. The number of hydrogen-bond donors (Lipinski definition) is 1. The highest BCUT2D eigenvalue weighted by atomic mass is 15.0. The Bertz CT molecular complexity index is 362. The van der Waals surface area contributed by atoms with Gasteiger partial charge in [0.1, 0.15) is 0 Å². The SMILES string of the molecule is CCCNC(CCC)c1ccn(CCCC#N)c1. The van der Waals surface area contributed by atoms with Crippen molar-refractivity contribution in [1.29, 1.82) is 5.26 Å². The van der Waals surface area contributed by atoms with Crippen molar-refractivity contribution in [2.75, 3.05) is 6.54 Å². The summed E-state index contributed by atoms with van der Waals surface area (Å²) >= 11 is 0. The molecule has 0 bridgehead atoms. The minimum absolute atomic E-state index is 0.479. The maximum atomic E-state index is 8.54. The molecule has 1 atom stereocenters. The molecular weight excluding hydrogens is 222 g/mol. The van der Waals surface area contributed by atoms with Gasteiger partial charge in [-0.05, 0) is 37.4 Å². The lowest BCUT2D eigenvalue weighted by Crippen LogP contribution is -2.21. The molecule has 0 fully saturated rings. The fourth-order valence-electron chi connectivity index (χ4n) is 2.14. The van der Waals surface area contributed by atoms with Crippen molar-refractivity contribution in [3.63, 3.8) is 0 Å². The van der Waals surface area contributed by atoms with E-state index >= 15 is 0 Å². The lowest BCUT2D eigenvalue weighted by molar-refractivity contribution is 0.493. The Labute approximate surface area is 111 Å². The van der Waals surface area contributed by atoms with Crippen LogP contribution in [0.25, 0.3) is 0 Å². The van der Waals surface area contributed by atoms with Gasteiger partial charge in [-0.3, -0.25) is 0 Å². The maximum absolute atomic E-state index is 8.54. The molecule has 0 saturated carbocycles. The number of aromatic nitrogens is 1. The van der Waals surface area contributed by atoms with Gasteiger partial charge in [0.15, 0.2) is 0 Å². The van der Waals surface area contributed by atoms with Crippen molar-refractivity contribution in [2.24, 2.45) is 0 Å². The van der Waals surface area contributed by atoms with Gasteiger partial charge in [0.2, 0.25) is 0 Å². The number of nitrogens with one attached hydrogen (secondary N) is 1. The van der Waals surface area contributed by atoms with Gasteiger partial charge in [-0.25, -0.2) is 0 Å². The topological polar surface area (TPSA) is 40.8 Å². The average Bonchev–Trinajstić information content (AvgIpc) is 2.83. The second-order valence-electron chi connectivity index (χ2n) is 4.74. The van der Waals surface area contributed by atoms with E-state index in [4.69, 9.17) is 5.26 Å². The molecule has 1 heterocycles. The van der Waals surface area contributed by atoms with Crippen LogP contribution in [0.1, 0.15) is 57.6 Å². The normalized spacial score (nSPS) is 12.3. The van der Waals surface area contributed by atoms with E-state index in [0.717, 1.165) is 19.5 Å². The highest BCUT2D eigenvalue weighted by Crippen LogP contribution is 2.19. The van der Waals surface area contributed by atoms with Crippen LogP contribution >= 0.6 is 0 Å². The minimum Gasteiger partial charge on any atom is -0.354 e. The van der Waals surface area contributed by atoms with Gasteiger partial charge < -0.3 is 9.88 Å². The van der Waals surface area contributed by atoms with E-state index < -0.39 is 0 Å². The number of unbranched alkanes of at least 4 members (excludes halogenated alkanes) is 1. The second-order valence-corrected chi connectivity index (χ2v) is 4.74. The molecule has 3 nitrogen and oxygen atoms in total. The van der Waals surface area contributed by atoms with E-state index in [-0.39, 0.29) is 0 Å². The van der Waals surface area contributed by atoms with Crippen molar-refractivity contribution in [3.8, 4) is 6.07 Å². The van der Waals surface area contributed by atoms with Crippen molar-refractivity contribution in [1.82, 2.24) is 9.88 Å². The Balaban J connectivity index is 2.54. The summed E-state index contributed by atoms with van der Waals surface area (Å²) in [4.78, 5) is 0. The Morgan fingerprint density at radius 3 is 2.89 bits per heavy atom. The summed E-state index contributed by atoms with van der Waals surface area (Å²) < 4.78 is 2.20. The maximum Gasteiger partial charge on any atom is 0.0622 e. The molecule has 0 aliphatic heterocycles. The number of nitrogens with zero attached hydrogens (tertiary/aromatic N) is 2. The third-order valence-electron chi connectivity index (χ3n) is 3.10. The molecule has 3 heteroatoms. The smallest absolute Gasteiger partial charge is 0.0622 e. The van der Waals surface area contributed by atoms with E-state index in [0.29, 0.717) is 12.5 Å². The molecule has 0 aliphatic carbocycles. The lowest BCUT2D eigenvalue weighted by Gasteiger charge is -2.16. The fourth-order valence-corrected chi connectivity index (χ4v) is 2.14. The zero-order valence-electron chi connectivity index (χ0n) is 11.7. The van der Waals surface area contributed by atoms with Crippen LogP contribution < -0.4 is 5.32 Å². The highest BCUT2D eigenvalue weighted by Gasteiger charge is 2.10. The summed E-state index contributed by atoms with van der Waals surface area (Å²) in [6.07, 6.45) is 9.47. The highest BCUT2D eigenvalue weighted by molar-refractivity contribution is 5.15. The first-order chi connectivity index (χ1) is 8.81. The van der Waals surface area contributed by atoms with E-state index in [9.17, 15) is 0 Å². The summed E-state index contributed by atoms with van der Waals surface area (Å²) in [7, 11) is 0. The second kappa shape index (κ2) is 8.77. The van der Waals surface area contributed by atoms with Crippen LogP contribution in [0, 0.1) is 11.3 Å². The van der Waals surface area contributed by atoms with Gasteiger partial charge in [-0.1, -0.05) is 20.3 Å². The number of aryl methyl sites for hydroxylation is 1. The number of rotatable bonds is 9. The molecule has 1 N–H and O–H groups in total. The largest absolute Gasteiger partial charge is 0.354 e. The summed E-state index contributed by atoms with van der Waals surface area (Å²) in [5, 5.41) is 12.1. The predicted octanol–water partition coefficient (Wildman–Crippen LogP) is 3.63. The van der Waals surface area contributed by atoms with Crippen LogP contribution in [0.2, 0.25) is 0 Å². The van der Waals surface area contributed by atoms with Crippen LogP contribution in [-0.2, 0) is 6.54 Å². The molecule has 0 saturated heterocycles. The average molecular weight is 247 g/mol. The third-order valence-corrected chi connectivity index (χ3v) is 3.10. The summed E-state index contributed by atoms with van der Waals surface area (Å²) in [6, 6.07) is 4.87. The minimum atomic E-state index is 0.479. The Kier molecular flexibility index (Phi) is 7.20. The zero-order chi connectivity index (χ0) is 13.2. The Morgan fingerprint density at radius 2 is 2.22 bits per heavy atom. The molecule has 0 spiro atoms. The van der Waals surface area contributed by atoms with E-state index in [2.05, 4.69) is 48.3 Å². The summed E-state index contributed by atoms with van der Waals surface area (Å²) in [5.74, 6) is 0. The molecule has 1 unspecified atom stereocenters. The van der Waals surface area contributed by atoms with Crippen LogP contribution in [0.4, 0.5) is 0 Å². The molecule has 0 aliphatic rings. The van der Waals surface area contributed by atoms with E-state index in [1.54, 1.807) is 0 Å². The molecule has 100 valence electrons. The number of nitriles is 1. The van der Waals surface area contributed by atoms with Crippen molar-refractivity contribution >= 4 is 0 Å². The molecule has 18 heavy (non-hydrogen) atoms. The summed E-state index contributed by atoms with van der Waals surface area (Å²) in [5.41, 5.74) is 1.38. The first-order valence-corrected chi connectivity index (χ1v) is 7.07. The van der Waals surface area contributed by atoms with E-state index in [1.165, 1.54) is 24.8 Å². The molecule has 1 rings (SSSR count). The van der Waals surface area contributed by atoms with Crippen LogP contribution in [-0.4, -0.2) is 11.1 Å². The Morgan fingerprint density at radius 1 is 1.39 bits per heavy atom. The van der Waals surface area contributed by atoms with Crippen LogP contribution in [0.3, 0.4) is 0 Å². The molecule has 0 amide bonds. The molecular formula is C15H25N3. The first kappa shape index (κ1) is 14.8. The summed E-state index contributed by atoms with van der Waals surface area (Å²) in [6.45, 7) is 6.44. The molecule has 1 aromatic rings. The monoisotopic (exact) mass is 247 g/mol. The number of hydrogen-bond acceptors (Lipinski definition) is 2.